The largest absolute Gasteiger partial charge is 0.371 e. The highest BCUT2D eigenvalue weighted by Gasteiger charge is 2.25. The van der Waals surface area contributed by atoms with Gasteiger partial charge in [-0.2, -0.15) is 0 Å². The molecule has 1 atom stereocenters. The summed E-state index contributed by atoms with van der Waals surface area (Å²) < 4.78 is 26.6. The minimum Gasteiger partial charge on any atom is -0.371 e. The van der Waals surface area contributed by atoms with Gasteiger partial charge in [-0.25, -0.2) is 12.7 Å². The summed E-state index contributed by atoms with van der Waals surface area (Å²) in [4.78, 5) is 15.7. The Hall–Kier alpha value is -2.90. The maximum atomic E-state index is 13.4. The van der Waals surface area contributed by atoms with Gasteiger partial charge in [-0.1, -0.05) is 42.5 Å². The van der Waals surface area contributed by atoms with E-state index in [0.29, 0.717) is 5.56 Å². The number of carbonyl (C=O) groups excluding carboxylic acids is 1. The number of amides is 1. The van der Waals surface area contributed by atoms with Crippen LogP contribution in [-0.4, -0.2) is 45.8 Å². The Morgan fingerprint density at radius 3 is 2.41 bits per heavy atom. The standard InChI is InChI=1S/C25H29N3O3S/c1-18(21-12-8-10-19-9-4-5-11-22(19)21)26-25(29)23-17-20(32(30,31)27(2)3)13-14-24(23)28-15-6-7-16-28/h4-5,8-14,17-18H,6-7,15-16H2,1-3H3,(H,26,29). The van der Waals surface area contributed by atoms with Gasteiger partial charge in [0.15, 0.2) is 0 Å². The van der Waals surface area contributed by atoms with Crippen molar-refractivity contribution in [3.63, 3.8) is 0 Å². The SMILES string of the molecule is CC(NC(=O)c1cc(S(=O)(=O)N(C)C)ccc1N1CCCC1)c1cccc2ccccc12. The zero-order chi connectivity index (χ0) is 22.9. The average Bonchev–Trinajstić information content (AvgIpc) is 3.33. The number of rotatable bonds is 6. The van der Waals surface area contributed by atoms with Gasteiger partial charge in [-0.05, 0) is 54.3 Å². The molecule has 0 radical (unpaired) electrons. The van der Waals surface area contributed by atoms with E-state index in [0.717, 1.165) is 52.3 Å². The van der Waals surface area contributed by atoms with Crippen LogP contribution < -0.4 is 10.2 Å². The lowest BCUT2D eigenvalue weighted by atomic mass is 9.99. The van der Waals surface area contributed by atoms with E-state index in [4.69, 9.17) is 0 Å². The van der Waals surface area contributed by atoms with Crippen molar-refractivity contribution in [2.45, 2.75) is 30.7 Å². The molecule has 0 bridgehead atoms. The van der Waals surface area contributed by atoms with E-state index >= 15 is 0 Å². The normalized spacial score (nSPS) is 15.3. The minimum absolute atomic E-state index is 0.119. The number of benzene rings is 3. The summed E-state index contributed by atoms with van der Waals surface area (Å²) in [6.07, 6.45) is 2.12. The highest BCUT2D eigenvalue weighted by Crippen LogP contribution is 2.30. The molecule has 3 aromatic rings. The maximum absolute atomic E-state index is 13.4. The summed E-state index contributed by atoms with van der Waals surface area (Å²) in [5.41, 5.74) is 2.20. The summed E-state index contributed by atoms with van der Waals surface area (Å²) in [5, 5.41) is 5.31. The molecule has 1 amide bonds. The monoisotopic (exact) mass is 451 g/mol. The van der Waals surface area contributed by atoms with Crippen LogP contribution in [0.15, 0.2) is 65.6 Å². The Balaban J connectivity index is 1.71. The van der Waals surface area contributed by atoms with Gasteiger partial charge in [-0.15, -0.1) is 0 Å². The lowest BCUT2D eigenvalue weighted by Crippen LogP contribution is -2.30. The third kappa shape index (κ3) is 4.23. The van der Waals surface area contributed by atoms with Gasteiger partial charge in [0.25, 0.3) is 5.91 Å². The number of sulfonamides is 1. The highest BCUT2D eigenvalue weighted by molar-refractivity contribution is 7.89. The zero-order valence-electron chi connectivity index (χ0n) is 18.7. The van der Waals surface area contributed by atoms with Crippen molar-refractivity contribution in [3.8, 4) is 0 Å². The third-order valence-electron chi connectivity index (χ3n) is 6.08. The van der Waals surface area contributed by atoms with Crippen molar-refractivity contribution >= 4 is 32.4 Å². The first-order valence-corrected chi connectivity index (χ1v) is 12.3. The van der Waals surface area contributed by atoms with Crippen LogP contribution in [0.4, 0.5) is 5.69 Å². The number of hydrogen-bond donors (Lipinski definition) is 1. The molecule has 6 nitrogen and oxygen atoms in total. The lowest BCUT2D eigenvalue weighted by Gasteiger charge is -2.24. The van der Waals surface area contributed by atoms with Gasteiger partial charge in [0.05, 0.1) is 16.5 Å². The van der Waals surface area contributed by atoms with E-state index in [1.165, 1.54) is 20.2 Å². The fourth-order valence-electron chi connectivity index (χ4n) is 4.28. The lowest BCUT2D eigenvalue weighted by molar-refractivity contribution is 0.0940. The smallest absolute Gasteiger partial charge is 0.253 e. The summed E-state index contributed by atoms with van der Waals surface area (Å²) >= 11 is 0. The number of nitrogens with one attached hydrogen (secondary N) is 1. The second-order valence-corrected chi connectivity index (χ2v) is 10.6. The summed E-state index contributed by atoms with van der Waals surface area (Å²) in [7, 11) is -0.664. The van der Waals surface area contributed by atoms with Gasteiger partial charge >= 0.3 is 0 Å². The van der Waals surface area contributed by atoms with Crippen LogP contribution in [0, 0.1) is 0 Å². The van der Waals surface area contributed by atoms with Crippen molar-refractivity contribution in [1.29, 1.82) is 0 Å². The molecule has 1 unspecified atom stereocenters. The van der Waals surface area contributed by atoms with Gasteiger partial charge in [0.2, 0.25) is 10.0 Å². The van der Waals surface area contributed by atoms with Crippen LogP contribution in [0.25, 0.3) is 10.8 Å². The van der Waals surface area contributed by atoms with E-state index < -0.39 is 10.0 Å². The second-order valence-electron chi connectivity index (χ2n) is 8.42. The number of carbonyl (C=O) groups is 1. The molecule has 0 aromatic heterocycles. The van der Waals surface area contributed by atoms with E-state index in [-0.39, 0.29) is 16.8 Å². The first-order valence-electron chi connectivity index (χ1n) is 10.9. The average molecular weight is 452 g/mol. The van der Waals surface area contributed by atoms with Crippen molar-refractivity contribution in [3.05, 3.63) is 71.8 Å². The number of nitrogens with zero attached hydrogens (tertiary/aromatic N) is 2. The first-order chi connectivity index (χ1) is 15.3. The van der Waals surface area contributed by atoms with E-state index in [9.17, 15) is 13.2 Å². The Morgan fingerprint density at radius 1 is 1.00 bits per heavy atom. The molecule has 1 N–H and O–H groups in total. The zero-order valence-corrected chi connectivity index (χ0v) is 19.5. The quantitative estimate of drug-likeness (QED) is 0.610. The van der Waals surface area contributed by atoms with Crippen LogP contribution in [0.2, 0.25) is 0 Å². The first kappa shape index (κ1) is 22.3. The predicted octanol–water partition coefficient (Wildman–Crippen LogP) is 4.18. The Kier molecular flexibility index (Phi) is 6.22. The Labute approximate surface area is 189 Å². The van der Waals surface area contributed by atoms with Crippen LogP contribution in [-0.2, 0) is 10.0 Å². The van der Waals surface area contributed by atoms with E-state index in [1.807, 2.05) is 37.3 Å². The van der Waals surface area contributed by atoms with Gasteiger partial charge in [-0.3, -0.25) is 4.79 Å². The minimum atomic E-state index is -3.65. The molecule has 0 spiro atoms. The number of anilines is 1. The van der Waals surface area contributed by atoms with Gasteiger partial charge in [0.1, 0.15) is 0 Å². The van der Waals surface area contributed by atoms with Crippen LogP contribution in [0.1, 0.15) is 41.7 Å². The fraction of sp³-hybridized carbons (Fsp3) is 0.320. The molecule has 1 saturated heterocycles. The summed E-state index contributed by atoms with van der Waals surface area (Å²) in [6, 6.07) is 18.8. The molecule has 1 aliphatic heterocycles. The molecule has 1 aliphatic rings. The van der Waals surface area contributed by atoms with Gasteiger partial charge in [0, 0.05) is 32.9 Å². The Morgan fingerprint density at radius 2 is 1.69 bits per heavy atom. The van der Waals surface area contributed by atoms with Crippen LogP contribution in [0.5, 0.6) is 0 Å². The molecule has 4 rings (SSSR count). The fourth-order valence-corrected chi connectivity index (χ4v) is 5.21. The van der Waals surface area contributed by atoms with E-state index in [2.05, 4.69) is 22.3 Å². The molecule has 168 valence electrons. The molecular formula is C25H29N3O3S. The van der Waals surface area contributed by atoms with Crippen LogP contribution >= 0.6 is 0 Å². The summed E-state index contributed by atoms with van der Waals surface area (Å²) in [6.45, 7) is 3.67. The molecule has 1 fully saturated rings. The second kappa shape index (κ2) is 8.92. The van der Waals surface area contributed by atoms with Crippen molar-refractivity contribution in [2.75, 3.05) is 32.1 Å². The van der Waals surface area contributed by atoms with E-state index in [1.54, 1.807) is 12.1 Å². The highest BCUT2D eigenvalue weighted by atomic mass is 32.2. The summed E-state index contributed by atoms with van der Waals surface area (Å²) in [5.74, 6) is -0.275. The Bertz CT molecular complexity index is 1240. The molecular weight excluding hydrogens is 422 g/mol. The predicted molar refractivity (Wildman–Crippen MR) is 129 cm³/mol. The van der Waals surface area contributed by atoms with Gasteiger partial charge < -0.3 is 10.2 Å². The molecule has 0 saturated carbocycles. The van der Waals surface area contributed by atoms with Crippen LogP contribution in [0.3, 0.4) is 0 Å². The van der Waals surface area contributed by atoms with Crippen molar-refractivity contribution in [1.82, 2.24) is 9.62 Å². The molecule has 3 aromatic carbocycles. The number of fused-ring (bicyclic) bond motifs is 1. The third-order valence-corrected chi connectivity index (χ3v) is 7.89. The maximum Gasteiger partial charge on any atom is 0.253 e. The van der Waals surface area contributed by atoms with Crippen molar-refractivity contribution in [2.24, 2.45) is 0 Å². The molecule has 1 heterocycles. The molecule has 32 heavy (non-hydrogen) atoms. The molecule has 7 heteroatoms. The topological polar surface area (TPSA) is 69.7 Å². The van der Waals surface area contributed by atoms with Crippen molar-refractivity contribution < 1.29 is 13.2 Å². The molecule has 0 aliphatic carbocycles. The number of hydrogen-bond acceptors (Lipinski definition) is 4.